The molecule has 0 aromatic heterocycles. The quantitative estimate of drug-likeness (QED) is 0.538. The number of amides is 1. The summed E-state index contributed by atoms with van der Waals surface area (Å²) in [5, 5.41) is 0. The van der Waals surface area contributed by atoms with Crippen LogP contribution in [0.4, 0.5) is 4.79 Å². The number of fused-ring (bicyclic) bond motifs is 1. The summed E-state index contributed by atoms with van der Waals surface area (Å²) in [5.74, 6) is 0. The Morgan fingerprint density at radius 3 is 2.31 bits per heavy atom. The number of ether oxygens (including phenoxy) is 1. The minimum Gasteiger partial charge on any atom is -0.444 e. The van der Waals surface area contributed by atoms with Gasteiger partial charge in [-0.15, -0.1) is 0 Å². The average molecular weight is 183 g/mol. The van der Waals surface area contributed by atoms with Gasteiger partial charge in [0.05, 0.1) is 12.1 Å². The van der Waals surface area contributed by atoms with E-state index in [0.29, 0.717) is 12.1 Å². The zero-order valence-electron chi connectivity index (χ0n) is 8.54. The highest BCUT2D eigenvalue weighted by Gasteiger charge is 2.54. The van der Waals surface area contributed by atoms with Crippen LogP contribution >= 0.6 is 0 Å². The van der Waals surface area contributed by atoms with Gasteiger partial charge < -0.3 is 4.74 Å². The van der Waals surface area contributed by atoms with Crippen molar-refractivity contribution in [1.82, 2.24) is 4.90 Å². The maximum atomic E-state index is 11.5. The van der Waals surface area contributed by atoms with E-state index in [2.05, 4.69) is 0 Å². The molecule has 1 aliphatic carbocycles. The Labute approximate surface area is 79.0 Å². The summed E-state index contributed by atoms with van der Waals surface area (Å²) in [7, 11) is 0. The number of hydrogen-bond acceptors (Lipinski definition) is 2. The molecule has 1 saturated heterocycles. The van der Waals surface area contributed by atoms with Crippen molar-refractivity contribution in [3.05, 3.63) is 0 Å². The minimum atomic E-state index is -0.353. The number of carbonyl (C=O) groups is 1. The van der Waals surface area contributed by atoms with E-state index in [-0.39, 0.29) is 11.7 Å². The maximum Gasteiger partial charge on any atom is 0.410 e. The van der Waals surface area contributed by atoms with Crippen molar-refractivity contribution in [2.75, 3.05) is 0 Å². The molecule has 1 saturated carbocycles. The molecule has 0 unspecified atom stereocenters. The Morgan fingerprint density at radius 1 is 1.31 bits per heavy atom. The van der Waals surface area contributed by atoms with Gasteiger partial charge >= 0.3 is 6.09 Å². The van der Waals surface area contributed by atoms with Crippen molar-refractivity contribution in [3.63, 3.8) is 0 Å². The number of carbonyl (C=O) groups excluding carboxylic acids is 1. The Balaban J connectivity index is 1.87. The molecule has 0 aromatic rings. The molecule has 0 bridgehead atoms. The molecule has 1 heterocycles. The summed E-state index contributed by atoms with van der Waals surface area (Å²) in [6.45, 7) is 5.72. The van der Waals surface area contributed by atoms with Gasteiger partial charge in [-0.2, -0.15) is 0 Å². The fourth-order valence-electron chi connectivity index (χ4n) is 2.12. The van der Waals surface area contributed by atoms with E-state index in [1.165, 1.54) is 19.3 Å². The summed E-state index contributed by atoms with van der Waals surface area (Å²) in [4.78, 5) is 13.4. The Bertz CT molecular complexity index is 222. The third-order valence-corrected chi connectivity index (χ3v) is 2.67. The van der Waals surface area contributed by atoms with Gasteiger partial charge in [0.2, 0.25) is 0 Å². The van der Waals surface area contributed by atoms with Crippen molar-refractivity contribution in [1.29, 1.82) is 0 Å². The van der Waals surface area contributed by atoms with Crippen LogP contribution in [0.15, 0.2) is 0 Å². The van der Waals surface area contributed by atoms with Crippen LogP contribution in [0.1, 0.15) is 40.0 Å². The molecule has 13 heavy (non-hydrogen) atoms. The lowest BCUT2D eigenvalue weighted by molar-refractivity contribution is 0.0382. The van der Waals surface area contributed by atoms with E-state index in [1.807, 2.05) is 25.7 Å². The highest BCUT2D eigenvalue weighted by atomic mass is 16.6. The van der Waals surface area contributed by atoms with Crippen molar-refractivity contribution in [3.8, 4) is 0 Å². The Morgan fingerprint density at radius 2 is 1.85 bits per heavy atom. The van der Waals surface area contributed by atoms with Gasteiger partial charge in [-0.3, -0.25) is 4.90 Å². The molecule has 0 N–H and O–H groups in total. The summed E-state index contributed by atoms with van der Waals surface area (Å²) in [5.41, 5.74) is -0.353. The topological polar surface area (TPSA) is 29.3 Å². The third kappa shape index (κ3) is 1.64. The van der Waals surface area contributed by atoms with E-state index >= 15 is 0 Å². The summed E-state index contributed by atoms with van der Waals surface area (Å²) >= 11 is 0. The SMILES string of the molecule is CC(C)(C)OC(=O)N1[C@@H]2CCC[C@@H]21. The van der Waals surface area contributed by atoms with E-state index in [1.54, 1.807) is 0 Å². The molecule has 1 aliphatic heterocycles. The zero-order valence-corrected chi connectivity index (χ0v) is 8.54. The van der Waals surface area contributed by atoms with Crippen LogP contribution in [-0.2, 0) is 4.74 Å². The lowest BCUT2D eigenvalue weighted by atomic mass is 10.2. The average Bonchev–Trinajstić information content (AvgIpc) is 2.44. The first kappa shape index (κ1) is 8.85. The Kier molecular flexibility index (Phi) is 1.79. The standard InChI is InChI=1S/C10H17NO2/c1-10(2,3)13-9(12)11-7-5-4-6-8(7)11/h7-8H,4-6H2,1-3H3/t7-,8+,11?. The molecule has 2 fully saturated rings. The van der Waals surface area contributed by atoms with Crippen molar-refractivity contribution >= 4 is 6.09 Å². The summed E-state index contributed by atoms with van der Waals surface area (Å²) in [6.07, 6.45) is 3.49. The highest BCUT2D eigenvalue weighted by Crippen LogP contribution is 2.43. The predicted octanol–water partition coefficient (Wildman–Crippen LogP) is 2.16. The van der Waals surface area contributed by atoms with Gasteiger partial charge in [0.25, 0.3) is 0 Å². The van der Waals surface area contributed by atoms with Gasteiger partial charge in [-0.1, -0.05) is 0 Å². The molecule has 3 heteroatoms. The normalized spacial score (nSPS) is 31.5. The van der Waals surface area contributed by atoms with Crippen LogP contribution in [0.2, 0.25) is 0 Å². The molecular formula is C10H17NO2. The van der Waals surface area contributed by atoms with Gasteiger partial charge in [0.15, 0.2) is 0 Å². The second-order valence-corrected chi connectivity index (χ2v) is 4.95. The number of rotatable bonds is 0. The molecule has 0 spiro atoms. The molecule has 74 valence electrons. The fourth-order valence-corrected chi connectivity index (χ4v) is 2.12. The molecule has 0 aromatic carbocycles. The smallest absolute Gasteiger partial charge is 0.410 e. The van der Waals surface area contributed by atoms with E-state index in [9.17, 15) is 4.79 Å². The predicted molar refractivity (Wildman–Crippen MR) is 49.5 cm³/mol. The first-order valence-corrected chi connectivity index (χ1v) is 5.00. The zero-order chi connectivity index (χ0) is 9.64. The third-order valence-electron chi connectivity index (χ3n) is 2.67. The first-order chi connectivity index (χ1) is 5.99. The van der Waals surface area contributed by atoms with Gasteiger partial charge in [-0.05, 0) is 40.0 Å². The second kappa shape index (κ2) is 2.63. The molecule has 2 aliphatic rings. The van der Waals surface area contributed by atoms with Crippen LogP contribution in [0.5, 0.6) is 0 Å². The van der Waals surface area contributed by atoms with Crippen molar-refractivity contribution in [2.45, 2.75) is 57.7 Å². The van der Waals surface area contributed by atoms with Gasteiger partial charge in [0.1, 0.15) is 5.60 Å². The fraction of sp³-hybridized carbons (Fsp3) is 0.900. The van der Waals surface area contributed by atoms with Crippen LogP contribution in [-0.4, -0.2) is 28.7 Å². The van der Waals surface area contributed by atoms with E-state index < -0.39 is 0 Å². The van der Waals surface area contributed by atoms with Crippen LogP contribution in [0, 0.1) is 0 Å². The molecule has 0 radical (unpaired) electrons. The van der Waals surface area contributed by atoms with Crippen LogP contribution in [0.3, 0.4) is 0 Å². The van der Waals surface area contributed by atoms with E-state index in [4.69, 9.17) is 4.74 Å². The molecule has 3 nitrogen and oxygen atoms in total. The molecule has 2 rings (SSSR count). The molecular weight excluding hydrogens is 166 g/mol. The number of hydrogen-bond donors (Lipinski definition) is 0. The first-order valence-electron chi connectivity index (χ1n) is 5.00. The maximum absolute atomic E-state index is 11.5. The van der Waals surface area contributed by atoms with Gasteiger partial charge in [-0.25, -0.2) is 4.79 Å². The van der Waals surface area contributed by atoms with Gasteiger partial charge in [0, 0.05) is 0 Å². The van der Waals surface area contributed by atoms with Crippen LogP contribution in [0.25, 0.3) is 0 Å². The molecule has 2 atom stereocenters. The summed E-state index contributed by atoms with van der Waals surface area (Å²) in [6, 6.07) is 1.02. The number of piperidine rings is 1. The molecule has 1 amide bonds. The van der Waals surface area contributed by atoms with Crippen molar-refractivity contribution in [2.24, 2.45) is 0 Å². The highest BCUT2D eigenvalue weighted by molar-refractivity contribution is 5.72. The van der Waals surface area contributed by atoms with Crippen LogP contribution < -0.4 is 0 Å². The monoisotopic (exact) mass is 183 g/mol. The van der Waals surface area contributed by atoms with E-state index in [0.717, 1.165) is 0 Å². The minimum absolute atomic E-state index is 0.123. The Hall–Kier alpha value is -0.730. The largest absolute Gasteiger partial charge is 0.444 e. The number of likely N-dealkylation sites (tertiary alicyclic amines) is 1. The lowest BCUT2D eigenvalue weighted by Gasteiger charge is -2.20. The van der Waals surface area contributed by atoms with Crippen molar-refractivity contribution < 1.29 is 9.53 Å². The number of nitrogens with zero attached hydrogens (tertiary/aromatic N) is 1. The lowest BCUT2D eigenvalue weighted by Crippen LogP contribution is -2.29. The summed E-state index contributed by atoms with van der Waals surface area (Å²) < 4.78 is 5.28. The second-order valence-electron chi connectivity index (χ2n) is 4.95.